The van der Waals surface area contributed by atoms with Gasteiger partial charge in [0.05, 0.1) is 5.02 Å². The van der Waals surface area contributed by atoms with Crippen molar-refractivity contribution in [2.45, 2.75) is 6.42 Å². The Labute approximate surface area is 174 Å². The highest BCUT2D eigenvalue weighted by atomic mass is 35.5. The average Bonchev–Trinajstić information content (AvgIpc) is 2.70. The molecule has 0 aliphatic rings. The number of pyridine rings is 1. The van der Waals surface area contributed by atoms with E-state index in [0.717, 1.165) is 17.7 Å². The van der Waals surface area contributed by atoms with Crippen molar-refractivity contribution in [3.8, 4) is 0 Å². The molecular weight excluding hydrogens is 397 g/mol. The molecule has 0 radical (unpaired) electrons. The number of halogens is 2. The number of carbonyl (C=O) groups excluding carboxylic acids is 1. The number of carbonyl (C=O) groups is 1. The van der Waals surface area contributed by atoms with Gasteiger partial charge >= 0.3 is 0 Å². The van der Waals surface area contributed by atoms with Crippen molar-refractivity contribution in [1.82, 2.24) is 10.5 Å². The Morgan fingerprint density at radius 3 is 2.54 bits per heavy atom. The van der Waals surface area contributed by atoms with Crippen LogP contribution in [0.25, 0.3) is 6.08 Å². The highest BCUT2D eigenvalue weighted by molar-refractivity contribution is 6.33. The van der Waals surface area contributed by atoms with Crippen LogP contribution in [-0.2, 0) is 11.2 Å². The number of hydrogen-bond donors (Lipinski definition) is 3. The highest BCUT2D eigenvalue weighted by Gasteiger charge is 2.08. The number of benzene rings is 2. The molecule has 0 saturated heterocycles. The second-order valence-electron chi connectivity index (χ2n) is 5.85. The van der Waals surface area contributed by atoms with Crippen LogP contribution in [0.15, 0.2) is 72.9 Å². The third-order valence-electron chi connectivity index (χ3n) is 3.91. The number of para-hydroxylation sites is 1. The van der Waals surface area contributed by atoms with Gasteiger partial charge in [-0.25, -0.2) is 10.5 Å². The molecule has 0 saturated carbocycles. The summed E-state index contributed by atoms with van der Waals surface area (Å²) >= 11 is 6.33. The number of amides is 1. The summed E-state index contributed by atoms with van der Waals surface area (Å²) < 4.78 is 0. The van der Waals surface area contributed by atoms with Crippen LogP contribution in [-0.4, -0.2) is 16.1 Å². The van der Waals surface area contributed by atoms with Gasteiger partial charge in [0, 0.05) is 18.0 Å². The Morgan fingerprint density at radius 2 is 1.82 bits per heavy atom. The molecule has 28 heavy (non-hydrogen) atoms. The zero-order valence-corrected chi connectivity index (χ0v) is 16.4. The van der Waals surface area contributed by atoms with Crippen LogP contribution >= 0.6 is 24.0 Å². The van der Waals surface area contributed by atoms with E-state index in [2.05, 4.69) is 28.5 Å². The number of nitrogens with zero attached hydrogens (tertiary/aromatic N) is 1. The van der Waals surface area contributed by atoms with Crippen molar-refractivity contribution in [3.05, 3.63) is 94.6 Å². The van der Waals surface area contributed by atoms with Gasteiger partial charge in [0.2, 0.25) is 0 Å². The summed E-state index contributed by atoms with van der Waals surface area (Å²) in [5.41, 5.74) is 5.45. The zero-order chi connectivity index (χ0) is 19.1. The van der Waals surface area contributed by atoms with Gasteiger partial charge in [0.25, 0.3) is 5.91 Å². The molecule has 0 aliphatic heterocycles. The molecule has 1 aromatic heterocycles. The van der Waals surface area contributed by atoms with Crippen molar-refractivity contribution in [2.24, 2.45) is 0 Å². The fourth-order valence-corrected chi connectivity index (χ4v) is 2.81. The van der Waals surface area contributed by atoms with E-state index >= 15 is 0 Å². The summed E-state index contributed by atoms with van der Waals surface area (Å²) in [6.45, 7) is 0. The summed E-state index contributed by atoms with van der Waals surface area (Å²) in [4.78, 5) is 15.4. The Hall–Kier alpha value is -2.86. The van der Waals surface area contributed by atoms with Gasteiger partial charge in [0.15, 0.2) is 0 Å². The zero-order valence-electron chi connectivity index (χ0n) is 14.8. The molecule has 0 unspecified atom stereocenters. The van der Waals surface area contributed by atoms with Gasteiger partial charge in [-0.15, -0.1) is 12.4 Å². The van der Waals surface area contributed by atoms with Crippen LogP contribution in [0.1, 0.15) is 16.7 Å². The first-order valence-electron chi connectivity index (χ1n) is 8.32. The van der Waals surface area contributed by atoms with E-state index in [-0.39, 0.29) is 12.4 Å². The number of hydroxylamine groups is 1. The van der Waals surface area contributed by atoms with Gasteiger partial charge in [-0.3, -0.25) is 10.0 Å². The summed E-state index contributed by atoms with van der Waals surface area (Å²) in [6.07, 6.45) is 5.08. The topological polar surface area (TPSA) is 74.2 Å². The fraction of sp³-hybridized carbons (Fsp3) is 0.0476. The van der Waals surface area contributed by atoms with Crippen molar-refractivity contribution in [3.63, 3.8) is 0 Å². The second-order valence-corrected chi connectivity index (χ2v) is 6.26. The van der Waals surface area contributed by atoms with E-state index in [1.807, 2.05) is 36.4 Å². The first-order chi connectivity index (χ1) is 13.2. The predicted octanol–water partition coefficient (Wildman–Crippen LogP) is 5.01. The molecule has 0 atom stereocenters. The van der Waals surface area contributed by atoms with Crippen molar-refractivity contribution in [2.75, 3.05) is 5.32 Å². The molecule has 0 bridgehead atoms. The van der Waals surface area contributed by atoms with Gasteiger partial charge < -0.3 is 5.32 Å². The van der Waals surface area contributed by atoms with E-state index in [1.165, 1.54) is 23.2 Å². The van der Waals surface area contributed by atoms with Gasteiger partial charge in [-0.2, -0.15) is 0 Å². The SMILES string of the molecule is Cl.O=C(/C=C/c1cnc(Nc2ccccc2Cc2ccccc2)c(Cl)c1)NO. The maximum Gasteiger partial charge on any atom is 0.267 e. The summed E-state index contributed by atoms with van der Waals surface area (Å²) in [5, 5.41) is 12.2. The molecule has 5 nitrogen and oxygen atoms in total. The van der Waals surface area contributed by atoms with Crippen LogP contribution in [0.4, 0.5) is 11.5 Å². The van der Waals surface area contributed by atoms with Gasteiger partial charge in [0.1, 0.15) is 5.82 Å². The van der Waals surface area contributed by atoms with Gasteiger partial charge in [-0.05, 0) is 41.3 Å². The van der Waals surface area contributed by atoms with Crippen LogP contribution in [0.2, 0.25) is 5.02 Å². The summed E-state index contributed by atoms with van der Waals surface area (Å²) in [7, 11) is 0. The molecule has 2 aromatic carbocycles. The minimum atomic E-state index is -0.622. The molecule has 7 heteroatoms. The maximum atomic E-state index is 11.1. The molecule has 1 heterocycles. The van der Waals surface area contributed by atoms with Crippen molar-refractivity contribution >= 4 is 47.5 Å². The predicted molar refractivity (Wildman–Crippen MR) is 114 cm³/mol. The molecule has 3 N–H and O–H groups in total. The van der Waals surface area contributed by atoms with E-state index in [0.29, 0.717) is 16.4 Å². The monoisotopic (exact) mass is 415 g/mol. The van der Waals surface area contributed by atoms with E-state index < -0.39 is 5.91 Å². The first-order valence-corrected chi connectivity index (χ1v) is 8.70. The van der Waals surface area contributed by atoms with Crippen LogP contribution in [0.5, 0.6) is 0 Å². The third-order valence-corrected chi connectivity index (χ3v) is 4.20. The lowest BCUT2D eigenvalue weighted by Gasteiger charge is -2.13. The number of anilines is 2. The highest BCUT2D eigenvalue weighted by Crippen LogP contribution is 2.27. The molecule has 144 valence electrons. The third kappa shape index (κ3) is 5.82. The first kappa shape index (κ1) is 21.4. The Kier molecular flexibility index (Phi) is 8.02. The van der Waals surface area contributed by atoms with E-state index in [4.69, 9.17) is 16.8 Å². The van der Waals surface area contributed by atoms with Gasteiger partial charge in [-0.1, -0.05) is 60.1 Å². The smallest absolute Gasteiger partial charge is 0.267 e. The number of rotatable bonds is 6. The summed E-state index contributed by atoms with van der Waals surface area (Å²) in [6, 6.07) is 19.9. The maximum absolute atomic E-state index is 11.1. The lowest BCUT2D eigenvalue weighted by atomic mass is 10.0. The average molecular weight is 416 g/mol. The lowest BCUT2D eigenvalue weighted by molar-refractivity contribution is -0.124. The fourth-order valence-electron chi connectivity index (χ4n) is 2.58. The molecule has 1 amide bonds. The Morgan fingerprint density at radius 1 is 1.11 bits per heavy atom. The Bertz CT molecular complexity index is 963. The number of hydrogen-bond acceptors (Lipinski definition) is 4. The van der Waals surface area contributed by atoms with E-state index in [9.17, 15) is 4.79 Å². The number of aromatic nitrogens is 1. The molecule has 3 aromatic rings. The molecule has 0 aliphatic carbocycles. The van der Waals surface area contributed by atoms with Crippen LogP contribution < -0.4 is 10.8 Å². The quantitative estimate of drug-likeness (QED) is 0.300. The normalized spacial score (nSPS) is 10.4. The minimum absolute atomic E-state index is 0. The molecular formula is C21H19Cl2N3O2. The number of nitrogens with one attached hydrogen (secondary N) is 2. The van der Waals surface area contributed by atoms with Crippen molar-refractivity contribution < 1.29 is 10.0 Å². The van der Waals surface area contributed by atoms with E-state index in [1.54, 1.807) is 12.3 Å². The van der Waals surface area contributed by atoms with Crippen LogP contribution in [0.3, 0.4) is 0 Å². The standard InChI is InChI=1S/C21H18ClN3O2.ClH/c22-18-13-16(10-11-20(26)25-27)14-23-21(18)24-19-9-5-4-8-17(19)12-15-6-2-1-3-7-15;/h1-11,13-14,27H,12H2,(H,23,24)(H,25,26);1H/b11-10+;. The molecule has 3 rings (SSSR count). The summed E-state index contributed by atoms with van der Waals surface area (Å²) in [5.74, 6) is -0.0934. The molecule has 0 fully saturated rings. The molecule has 0 spiro atoms. The largest absolute Gasteiger partial charge is 0.339 e. The lowest BCUT2D eigenvalue weighted by Crippen LogP contribution is -2.14. The minimum Gasteiger partial charge on any atom is -0.339 e. The van der Waals surface area contributed by atoms with Crippen LogP contribution in [0, 0.1) is 0 Å². The Balaban J connectivity index is 0.00000280. The van der Waals surface area contributed by atoms with Crippen molar-refractivity contribution in [1.29, 1.82) is 0 Å². The second kappa shape index (κ2) is 10.5.